The van der Waals surface area contributed by atoms with E-state index in [2.05, 4.69) is 5.32 Å². The highest BCUT2D eigenvalue weighted by Gasteiger charge is 2.30. The van der Waals surface area contributed by atoms with Crippen molar-refractivity contribution in [3.8, 4) is 0 Å². The van der Waals surface area contributed by atoms with Gasteiger partial charge >= 0.3 is 5.97 Å². The molecule has 7 heteroatoms. The summed E-state index contributed by atoms with van der Waals surface area (Å²) >= 11 is 6.00. The number of benzene rings is 1. The normalized spacial score (nSPS) is 12.8. The van der Waals surface area contributed by atoms with Gasteiger partial charge in [0.2, 0.25) is 5.91 Å². The first-order valence-electron chi connectivity index (χ1n) is 6.23. The van der Waals surface area contributed by atoms with Crippen molar-refractivity contribution in [1.29, 1.82) is 0 Å². The molecule has 1 aromatic carbocycles. The molecule has 0 aliphatic heterocycles. The number of hydrogen-bond acceptors (Lipinski definition) is 3. The van der Waals surface area contributed by atoms with E-state index in [0.717, 1.165) is 0 Å². The average molecular weight is 332 g/mol. The summed E-state index contributed by atoms with van der Waals surface area (Å²) in [7, 11) is -1.04. The van der Waals surface area contributed by atoms with Gasteiger partial charge in [-0.15, -0.1) is 0 Å². The van der Waals surface area contributed by atoms with Gasteiger partial charge in [-0.1, -0.05) is 11.6 Å². The lowest BCUT2D eigenvalue weighted by atomic mass is 9.89. The molecule has 1 rings (SSSR count). The van der Waals surface area contributed by atoms with E-state index in [-0.39, 0.29) is 6.42 Å². The summed E-state index contributed by atoms with van der Waals surface area (Å²) < 4.78 is 11.3. The minimum atomic E-state index is -1.13. The van der Waals surface area contributed by atoms with Gasteiger partial charge in [0.05, 0.1) is 5.41 Å². The standard InChI is InChI=1S/C14H18ClNO4S/c1-14(2,13(18)19)7-12(17)16-10-4-5-11(15)9(6-10)8-21(3)20/h4-6H,7-8H2,1-3H3,(H,16,17)(H,18,19). The van der Waals surface area contributed by atoms with Crippen LogP contribution in [0.3, 0.4) is 0 Å². The molecule has 1 aromatic rings. The van der Waals surface area contributed by atoms with Crippen LogP contribution < -0.4 is 5.32 Å². The topological polar surface area (TPSA) is 83.5 Å². The van der Waals surface area contributed by atoms with E-state index >= 15 is 0 Å². The Hall–Kier alpha value is -1.40. The van der Waals surface area contributed by atoms with Crippen molar-refractivity contribution in [2.24, 2.45) is 5.41 Å². The first-order valence-corrected chi connectivity index (χ1v) is 8.34. The fourth-order valence-corrected chi connectivity index (χ4v) is 2.60. The van der Waals surface area contributed by atoms with Gasteiger partial charge in [-0.2, -0.15) is 0 Å². The summed E-state index contributed by atoms with van der Waals surface area (Å²) in [4.78, 5) is 22.9. The van der Waals surface area contributed by atoms with Crippen molar-refractivity contribution in [2.45, 2.75) is 26.0 Å². The first kappa shape index (κ1) is 17.7. The van der Waals surface area contributed by atoms with E-state index in [1.807, 2.05) is 0 Å². The zero-order chi connectivity index (χ0) is 16.2. The van der Waals surface area contributed by atoms with E-state index < -0.39 is 28.1 Å². The van der Waals surface area contributed by atoms with Crippen molar-refractivity contribution in [3.63, 3.8) is 0 Å². The number of hydrogen-bond donors (Lipinski definition) is 2. The van der Waals surface area contributed by atoms with Crippen molar-refractivity contribution >= 4 is 40.0 Å². The van der Waals surface area contributed by atoms with E-state index in [4.69, 9.17) is 16.7 Å². The molecule has 0 heterocycles. The van der Waals surface area contributed by atoms with Gasteiger partial charge in [-0.3, -0.25) is 13.8 Å². The predicted octanol–water partition coefficient (Wildman–Crippen LogP) is 2.66. The molecule has 1 atom stereocenters. The summed E-state index contributed by atoms with van der Waals surface area (Å²) in [5, 5.41) is 12.1. The minimum Gasteiger partial charge on any atom is -0.481 e. The lowest BCUT2D eigenvalue weighted by Crippen LogP contribution is -2.29. The summed E-state index contributed by atoms with van der Waals surface area (Å²) in [6, 6.07) is 4.88. The summed E-state index contributed by atoms with van der Waals surface area (Å²) in [5.41, 5.74) is 0.0448. The lowest BCUT2D eigenvalue weighted by Gasteiger charge is -2.18. The highest BCUT2D eigenvalue weighted by Crippen LogP contribution is 2.24. The zero-order valence-corrected chi connectivity index (χ0v) is 13.7. The van der Waals surface area contributed by atoms with Crippen molar-refractivity contribution in [2.75, 3.05) is 11.6 Å². The molecule has 0 aliphatic carbocycles. The Morgan fingerprint density at radius 2 is 2.00 bits per heavy atom. The molecule has 116 valence electrons. The Kier molecular flexibility index (Phi) is 5.92. The third-order valence-electron chi connectivity index (χ3n) is 2.87. The van der Waals surface area contributed by atoms with Crippen LogP contribution in [0.15, 0.2) is 18.2 Å². The Morgan fingerprint density at radius 1 is 1.38 bits per heavy atom. The molecule has 5 nitrogen and oxygen atoms in total. The second kappa shape index (κ2) is 7.04. The van der Waals surface area contributed by atoms with Gasteiger partial charge < -0.3 is 10.4 Å². The molecule has 0 saturated carbocycles. The monoisotopic (exact) mass is 331 g/mol. The largest absolute Gasteiger partial charge is 0.481 e. The number of carboxylic acid groups (broad SMARTS) is 1. The average Bonchev–Trinajstić information content (AvgIpc) is 2.31. The molecule has 0 aliphatic rings. The molecule has 0 bridgehead atoms. The van der Waals surface area contributed by atoms with E-state index in [9.17, 15) is 13.8 Å². The number of carbonyl (C=O) groups is 2. The second-order valence-corrected chi connectivity index (χ2v) is 7.28. The quantitative estimate of drug-likeness (QED) is 0.839. The zero-order valence-electron chi connectivity index (χ0n) is 12.1. The van der Waals surface area contributed by atoms with Crippen LogP contribution in [0, 0.1) is 5.41 Å². The molecule has 0 spiro atoms. The van der Waals surface area contributed by atoms with E-state index in [0.29, 0.717) is 22.0 Å². The molecule has 2 N–H and O–H groups in total. The van der Waals surface area contributed by atoms with Gasteiger partial charge in [0.15, 0.2) is 0 Å². The molecule has 21 heavy (non-hydrogen) atoms. The smallest absolute Gasteiger partial charge is 0.309 e. The van der Waals surface area contributed by atoms with Crippen LogP contribution in [0.4, 0.5) is 5.69 Å². The fourth-order valence-electron chi connectivity index (χ4n) is 1.66. The van der Waals surface area contributed by atoms with Gasteiger partial charge in [-0.25, -0.2) is 0 Å². The maximum Gasteiger partial charge on any atom is 0.309 e. The first-order chi connectivity index (χ1) is 9.61. The van der Waals surface area contributed by atoms with Crippen LogP contribution >= 0.6 is 11.6 Å². The Labute approximate surface area is 131 Å². The number of rotatable bonds is 6. The SMILES string of the molecule is CS(=O)Cc1cc(NC(=O)CC(C)(C)C(=O)O)ccc1Cl. The van der Waals surface area contributed by atoms with Crippen LogP contribution in [0.2, 0.25) is 5.02 Å². The van der Waals surface area contributed by atoms with Gasteiger partial charge in [-0.05, 0) is 37.6 Å². The number of aliphatic carboxylic acids is 1. The molecule has 0 radical (unpaired) electrons. The fraction of sp³-hybridized carbons (Fsp3) is 0.429. The minimum absolute atomic E-state index is 0.139. The van der Waals surface area contributed by atoms with Crippen LogP contribution in [0.5, 0.6) is 0 Å². The molecule has 1 amide bonds. The predicted molar refractivity (Wildman–Crippen MR) is 83.9 cm³/mol. The maximum absolute atomic E-state index is 11.9. The van der Waals surface area contributed by atoms with E-state index in [1.54, 1.807) is 24.5 Å². The van der Waals surface area contributed by atoms with Crippen LogP contribution in [-0.2, 0) is 26.1 Å². The van der Waals surface area contributed by atoms with Crippen LogP contribution in [0.1, 0.15) is 25.8 Å². The number of nitrogens with one attached hydrogen (secondary N) is 1. The molecular formula is C14H18ClNO4S. The summed E-state index contributed by atoms with van der Waals surface area (Å²) in [5.74, 6) is -1.13. The maximum atomic E-state index is 11.9. The highest BCUT2D eigenvalue weighted by atomic mass is 35.5. The Bertz CT molecular complexity index is 586. The molecule has 0 fully saturated rings. The highest BCUT2D eigenvalue weighted by molar-refractivity contribution is 7.83. The lowest BCUT2D eigenvalue weighted by molar-refractivity contribution is -0.148. The van der Waals surface area contributed by atoms with Gasteiger partial charge in [0.1, 0.15) is 0 Å². The third-order valence-corrected chi connectivity index (χ3v) is 3.96. The van der Waals surface area contributed by atoms with Gasteiger partial charge in [0.25, 0.3) is 0 Å². The number of carbonyl (C=O) groups excluding carboxylic acids is 1. The van der Waals surface area contributed by atoms with Crippen molar-refractivity contribution < 1.29 is 18.9 Å². The summed E-state index contributed by atoms with van der Waals surface area (Å²) in [6.07, 6.45) is 1.43. The van der Waals surface area contributed by atoms with Crippen molar-refractivity contribution in [1.82, 2.24) is 0 Å². The number of amides is 1. The third kappa shape index (κ3) is 5.47. The molecule has 0 aromatic heterocycles. The molecule has 1 unspecified atom stereocenters. The van der Waals surface area contributed by atoms with E-state index in [1.165, 1.54) is 13.8 Å². The second-order valence-electron chi connectivity index (χ2n) is 5.44. The summed E-state index contributed by atoms with van der Waals surface area (Å²) in [6.45, 7) is 2.98. The molecular weight excluding hydrogens is 314 g/mol. The van der Waals surface area contributed by atoms with Gasteiger partial charge in [0, 0.05) is 39.9 Å². The Morgan fingerprint density at radius 3 is 2.52 bits per heavy atom. The number of anilines is 1. The van der Waals surface area contributed by atoms with Crippen molar-refractivity contribution in [3.05, 3.63) is 28.8 Å². The molecule has 0 saturated heterocycles. The number of halogens is 1. The van der Waals surface area contributed by atoms with Crippen LogP contribution in [-0.4, -0.2) is 27.4 Å². The Balaban J connectivity index is 2.81. The van der Waals surface area contributed by atoms with Crippen LogP contribution in [0.25, 0.3) is 0 Å². The number of carboxylic acids is 1.